The molecule has 0 bridgehead atoms. The summed E-state index contributed by atoms with van der Waals surface area (Å²) in [5.41, 5.74) is 1.75. The minimum atomic E-state index is -0.546. The van der Waals surface area contributed by atoms with Crippen molar-refractivity contribution < 1.29 is 14.3 Å². The predicted molar refractivity (Wildman–Crippen MR) is 96.0 cm³/mol. The van der Waals surface area contributed by atoms with Gasteiger partial charge in [-0.2, -0.15) is 0 Å². The molecule has 0 aliphatic carbocycles. The van der Waals surface area contributed by atoms with Crippen LogP contribution in [-0.2, 0) is 16.0 Å². The van der Waals surface area contributed by atoms with E-state index < -0.39 is 6.04 Å². The molecule has 0 fully saturated rings. The van der Waals surface area contributed by atoms with E-state index in [-0.39, 0.29) is 17.7 Å². The van der Waals surface area contributed by atoms with Gasteiger partial charge in [-0.05, 0) is 43.4 Å². The van der Waals surface area contributed by atoms with E-state index in [1.54, 1.807) is 12.1 Å². The highest BCUT2D eigenvalue weighted by molar-refractivity contribution is 5.97. The predicted octanol–water partition coefficient (Wildman–Crippen LogP) is 2.55. The molecule has 2 amide bonds. The Kier molecular flexibility index (Phi) is 9.08. The van der Waals surface area contributed by atoms with Crippen LogP contribution in [-0.4, -0.2) is 37.6 Å². The molecule has 1 aromatic carbocycles. The monoisotopic (exact) mass is 334 g/mol. The fourth-order valence-electron chi connectivity index (χ4n) is 2.29. The fourth-order valence-corrected chi connectivity index (χ4v) is 2.29. The second-order valence-corrected chi connectivity index (χ2v) is 6.09. The van der Waals surface area contributed by atoms with Crippen LogP contribution in [0.25, 0.3) is 0 Å². The minimum Gasteiger partial charge on any atom is -0.382 e. The van der Waals surface area contributed by atoms with Crippen LogP contribution < -0.4 is 10.6 Å². The summed E-state index contributed by atoms with van der Waals surface area (Å²) in [5, 5.41) is 5.70. The van der Waals surface area contributed by atoms with Gasteiger partial charge in [0.15, 0.2) is 0 Å². The van der Waals surface area contributed by atoms with Gasteiger partial charge in [0, 0.05) is 25.3 Å². The molecule has 0 spiro atoms. The van der Waals surface area contributed by atoms with Crippen LogP contribution in [0.5, 0.6) is 0 Å². The maximum absolute atomic E-state index is 12.4. The van der Waals surface area contributed by atoms with Crippen LogP contribution in [0.4, 0.5) is 0 Å². The van der Waals surface area contributed by atoms with Gasteiger partial charge in [-0.15, -0.1) is 0 Å². The van der Waals surface area contributed by atoms with E-state index in [1.165, 1.54) is 5.56 Å². The van der Waals surface area contributed by atoms with E-state index in [9.17, 15) is 9.59 Å². The van der Waals surface area contributed by atoms with Crippen molar-refractivity contribution in [2.24, 2.45) is 5.92 Å². The van der Waals surface area contributed by atoms with E-state index >= 15 is 0 Å². The summed E-state index contributed by atoms with van der Waals surface area (Å²) in [6.45, 7) is 9.70. The molecule has 24 heavy (non-hydrogen) atoms. The molecular formula is C19H30N2O3. The summed E-state index contributed by atoms with van der Waals surface area (Å²) in [7, 11) is 0. The van der Waals surface area contributed by atoms with Crippen LogP contribution in [0.2, 0.25) is 0 Å². The Hall–Kier alpha value is -1.88. The van der Waals surface area contributed by atoms with Gasteiger partial charge >= 0.3 is 0 Å². The molecule has 1 atom stereocenters. The molecular weight excluding hydrogens is 304 g/mol. The summed E-state index contributed by atoms with van der Waals surface area (Å²) < 4.78 is 5.24. The number of benzene rings is 1. The Labute approximate surface area is 145 Å². The zero-order valence-corrected chi connectivity index (χ0v) is 15.2. The number of carbonyl (C=O) groups excluding carboxylic acids is 2. The number of hydrogen-bond acceptors (Lipinski definition) is 3. The zero-order valence-electron chi connectivity index (χ0n) is 15.2. The molecule has 0 saturated carbocycles. The summed E-state index contributed by atoms with van der Waals surface area (Å²) in [6.07, 6.45) is 1.69. The summed E-state index contributed by atoms with van der Waals surface area (Å²) in [6, 6.07) is 6.92. The van der Waals surface area contributed by atoms with E-state index in [0.29, 0.717) is 25.3 Å². The van der Waals surface area contributed by atoms with Crippen molar-refractivity contribution in [3.8, 4) is 0 Å². The van der Waals surface area contributed by atoms with Gasteiger partial charge in [0.2, 0.25) is 5.91 Å². The molecule has 0 aromatic heterocycles. The molecule has 134 valence electrons. The second kappa shape index (κ2) is 10.8. The number of ether oxygens (including phenoxy) is 1. The molecule has 1 rings (SSSR count). The Morgan fingerprint density at radius 2 is 1.79 bits per heavy atom. The van der Waals surface area contributed by atoms with Crippen molar-refractivity contribution in [3.05, 3.63) is 35.4 Å². The topological polar surface area (TPSA) is 67.4 Å². The first-order chi connectivity index (χ1) is 11.5. The smallest absolute Gasteiger partial charge is 0.251 e. The lowest BCUT2D eigenvalue weighted by Gasteiger charge is -2.22. The fraction of sp³-hybridized carbons (Fsp3) is 0.579. The molecule has 0 unspecified atom stereocenters. The highest BCUT2D eigenvalue weighted by atomic mass is 16.5. The SMILES string of the molecule is CCOCCCNC(=O)[C@H](NC(=O)c1ccc(CC)cc1)C(C)C. The van der Waals surface area contributed by atoms with Crippen molar-refractivity contribution in [1.29, 1.82) is 0 Å². The Morgan fingerprint density at radius 3 is 2.33 bits per heavy atom. The van der Waals surface area contributed by atoms with Crippen LogP contribution >= 0.6 is 0 Å². The number of aryl methyl sites for hydroxylation is 1. The van der Waals surface area contributed by atoms with Crippen molar-refractivity contribution in [2.75, 3.05) is 19.8 Å². The second-order valence-electron chi connectivity index (χ2n) is 6.09. The molecule has 0 radical (unpaired) electrons. The highest BCUT2D eigenvalue weighted by Crippen LogP contribution is 2.08. The quantitative estimate of drug-likeness (QED) is 0.646. The van der Waals surface area contributed by atoms with Crippen LogP contribution in [0, 0.1) is 5.92 Å². The lowest BCUT2D eigenvalue weighted by molar-refractivity contribution is -0.124. The largest absolute Gasteiger partial charge is 0.382 e. The third-order valence-electron chi connectivity index (χ3n) is 3.83. The molecule has 0 aliphatic heterocycles. The zero-order chi connectivity index (χ0) is 17.9. The van der Waals surface area contributed by atoms with Crippen molar-refractivity contribution in [3.63, 3.8) is 0 Å². The van der Waals surface area contributed by atoms with Crippen molar-refractivity contribution in [2.45, 2.75) is 46.6 Å². The first-order valence-electron chi connectivity index (χ1n) is 8.74. The maximum Gasteiger partial charge on any atom is 0.251 e. The van der Waals surface area contributed by atoms with E-state index in [4.69, 9.17) is 4.74 Å². The Balaban J connectivity index is 2.57. The minimum absolute atomic E-state index is 0.00996. The lowest BCUT2D eigenvalue weighted by atomic mass is 10.0. The molecule has 5 heteroatoms. The molecule has 0 heterocycles. The highest BCUT2D eigenvalue weighted by Gasteiger charge is 2.24. The van der Waals surface area contributed by atoms with Crippen LogP contribution in [0.1, 0.15) is 50.0 Å². The lowest BCUT2D eigenvalue weighted by Crippen LogP contribution is -2.50. The molecule has 0 saturated heterocycles. The van der Waals surface area contributed by atoms with Gasteiger partial charge in [0.25, 0.3) is 5.91 Å². The van der Waals surface area contributed by atoms with Crippen molar-refractivity contribution >= 4 is 11.8 Å². The van der Waals surface area contributed by atoms with Crippen LogP contribution in [0.3, 0.4) is 0 Å². The summed E-state index contributed by atoms with van der Waals surface area (Å²) >= 11 is 0. The van der Waals surface area contributed by atoms with Crippen molar-refractivity contribution in [1.82, 2.24) is 10.6 Å². The van der Waals surface area contributed by atoms with Gasteiger partial charge in [-0.1, -0.05) is 32.9 Å². The van der Waals surface area contributed by atoms with Gasteiger partial charge < -0.3 is 15.4 Å². The van der Waals surface area contributed by atoms with E-state index in [0.717, 1.165) is 12.8 Å². The number of amides is 2. The molecule has 2 N–H and O–H groups in total. The Morgan fingerprint density at radius 1 is 1.12 bits per heavy atom. The standard InChI is InChI=1S/C19H30N2O3/c1-5-15-8-10-16(11-9-15)18(22)21-17(14(3)4)19(23)20-12-7-13-24-6-2/h8-11,14,17H,5-7,12-13H2,1-4H3,(H,20,23)(H,21,22)/t17-/m1/s1. The summed E-state index contributed by atoms with van der Waals surface area (Å²) in [5.74, 6) is -0.364. The Bertz CT molecular complexity index is 512. The third-order valence-corrected chi connectivity index (χ3v) is 3.83. The number of rotatable bonds is 10. The number of carbonyl (C=O) groups is 2. The molecule has 5 nitrogen and oxygen atoms in total. The number of nitrogens with one attached hydrogen (secondary N) is 2. The van der Waals surface area contributed by atoms with Gasteiger partial charge in [0.05, 0.1) is 0 Å². The van der Waals surface area contributed by atoms with Gasteiger partial charge in [-0.3, -0.25) is 9.59 Å². The average molecular weight is 334 g/mol. The summed E-state index contributed by atoms with van der Waals surface area (Å²) in [4.78, 5) is 24.7. The van der Waals surface area contributed by atoms with E-state index in [2.05, 4.69) is 17.6 Å². The van der Waals surface area contributed by atoms with Gasteiger partial charge in [-0.25, -0.2) is 0 Å². The third kappa shape index (κ3) is 6.71. The first-order valence-corrected chi connectivity index (χ1v) is 8.74. The normalized spacial score (nSPS) is 12.0. The maximum atomic E-state index is 12.4. The average Bonchev–Trinajstić information content (AvgIpc) is 2.58. The van der Waals surface area contributed by atoms with Gasteiger partial charge in [0.1, 0.15) is 6.04 Å². The number of hydrogen-bond donors (Lipinski definition) is 2. The van der Waals surface area contributed by atoms with Crippen LogP contribution in [0.15, 0.2) is 24.3 Å². The first kappa shape index (κ1) is 20.2. The van der Waals surface area contributed by atoms with E-state index in [1.807, 2.05) is 32.9 Å². The molecule has 0 aliphatic rings. The molecule has 1 aromatic rings.